The SMILES string of the molecule is CN(CCCC(=O)O)Cc1ncccn1. The highest BCUT2D eigenvalue weighted by atomic mass is 16.4. The zero-order valence-electron chi connectivity index (χ0n) is 8.76. The van der Waals surface area contributed by atoms with Crippen molar-refractivity contribution >= 4 is 5.97 Å². The first-order chi connectivity index (χ1) is 7.18. The molecule has 0 saturated heterocycles. The van der Waals surface area contributed by atoms with Gasteiger partial charge in [-0.25, -0.2) is 9.97 Å². The van der Waals surface area contributed by atoms with Crippen molar-refractivity contribution in [1.29, 1.82) is 0 Å². The van der Waals surface area contributed by atoms with Gasteiger partial charge in [0.05, 0.1) is 6.54 Å². The van der Waals surface area contributed by atoms with E-state index in [9.17, 15) is 4.79 Å². The smallest absolute Gasteiger partial charge is 0.303 e. The highest BCUT2D eigenvalue weighted by Gasteiger charge is 2.03. The van der Waals surface area contributed by atoms with Gasteiger partial charge in [-0.15, -0.1) is 0 Å². The number of carboxylic acids is 1. The van der Waals surface area contributed by atoms with Gasteiger partial charge in [-0.05, 0) is 26.1 Å². The molecule has 0 radical (unpaired) electrons. The first kappa shape index (κ1) is 11.6. The average Bonchev–Trinajstić information content (AvgIpc) is 2.18. The molecule has 0 amide bonds. The largest absolute Gasteiger partial charge is 0.481 e. The highest BCUT2D eigenvalue weighted by Crippen LogP contribution is 1.98. The summed E-state index contributed by atoms with van der Waals surface area (Å²) in [4.78, 5) is 20.5. The zero-order valence-corrected chi connectivity index (χ0v) is 8.76. The molecule has 5 heteroatoms. The number of hydrogen-bond donors (Lipinski definition) is 1. The Balaban J connectivity index is 2.24. The lowest BCUT2D eigenvalue weighted by Gasteiger charge is -2.14. The Morgan fingerprint density at radius 2 is 2.13 bits per heavy atom. The van der Waals surface area contributed by atoms with Crippen molar-refractivity contribution in [3.8, 4) is 0 Å². The molecule has 0 aliphatic heterocycles. The molecule has 0 aromatic carbocycles. The summed E-state index contributed by atoms with van der Waals surface area (Å²) >= 11 is 0. The second-order valence-corrected chi connectivity index (χ2v) is 3.40. The van der Waals surface area contributed by atoms with Crippen LogP contribution in [0, 0.1) is 0 Å². The number of carboxylic acid groups (broad SMARTS) is 1. The average molecular weight is 209 g/mol. The predicted molar refractivity (Wildman–Crippen MR) is 55.2 cm³/mol. The Labute approximate surface area is 88.8 Å². The minimum atomic E-state index is -0.751. The summed E-state index contributed by atoms with van der Waals surface area (Å²) in [7, 11) is 1.93. The molecule has 1 aromatic heterocycles. The molecule has 0 atom stereocenters. The first-order valence-electron chi connectivity index (χ1n) is 4.84. The number of carbonyl (C=O) groups is 1. The fraction of sp³-hybridized carbons (Fsp3) is 0.500. The minimum absolute atomic E-state index is 0.208. The number of aliphatic carboxylic acids is 1. The third-order valence-corrected chi connectivity index (χ3v) is 1.96. The lowest BCUT2D eigenvalue weighted by molar-refractivity contribution is -0.137. The van der Waals surface area contributed by atoms with Crippen LogP contribution >= 0.6 is 0 Å². The summed E-state index contributed by atoms with van der Waals surface area (Å²) in [6.07, 6.45) is 4.26. The number of aromatic nitrogens is 2. The molecule has 0 unspecified atom stereocenters. The van der Waals surface area contributed by atoms with Gasteiger partial charge in [-0.3, -0.25) is 9.69 Å². The van der Waals surface area contributed by atoms with Gasteiger partial charge >= 0.3 is 5.97 Å². The molecular formula is C10H15N3O2. The number of rotatable bonds is 6. The van der Waals surface area contributed by atoms with Crippen LogP contribution in [0.3, 0.4) is 0 Å². The Kier molecular flexibility index (Phi) is 4.70. The summed E-state index contributed by atoms with van der Waals surface area (Å²) in [5.74, 6) is 0.00897. The lowest BCUT2D eigenvalue weighted by atomic mass is 10.3. The number of nitrogens with zero attached hydrogens (tertiary/aromatic N) is 3. The van der Waals surface area contributed by atoms with Crippen LogP contribution in [0.25, 0.3) is 0 Å². The van der Waals surface area contributed by atoms with Gasteiger partial charge in [0.25, 0.3) is 0 Å². The van der Waals surface area contributed by atoms with Crippen molar-refractivity contribution < 1.29 is 9.90 Å². The molecule has 1 rings (SSSR count). The van der Waals surface area contributed by atoms with Crippen LogP contribution in [-0.4, -0.2) is 39.5 Å². The van der Waals surface area contributed by atoms with Crippen molar-refractivity contribution in [3.63, 3.8) is 0 Å². The summed E-state index contributed by atoms with van der Waals surface area (Å²) < 4.78 is 0. The molecular weight excluding hydrogens is 194 g/mol. The second-order valence-electron chi connectivity index (χ2n) is 3.40. The molecule has 1 aromatic rings. The topological polar surface area (TPSA) is 66.3 Å². The Hall–Kier alpha value is -1.49. The van der Waals surface area contributed by atoms with E-state index in [0.29, 0.717) is 13.0 Å². The maximum atomic E-state index is 10.3. The van der Waals surface area contributed by atoms with Crippen LogP contribution in [-0.2, 0) is 11.3 Å². The van der Waals surface area contributed by atoms with E-state index in [2.05, 4.69) is 9.97 Å². The van der Waals surface area contributed by atoms with Crippen molar-refractivity contribution in [2.75, 3.05) is 13.6 Å². The van der Waals surface area contributed by atoms with Crippen LogP contribution in [0.2, 0.25) is 0 Å². The summed E-state index contributed by atoms with van der Waals surface area (Å²) in [6, 6.07) is 1.77. The Bertz CT molecular complexity index is 303. The normalized spacial score (nSPS) is 10.5. The quantitative estimate of drug-likeness (QED) is 0.749. The maximum absolute atomic E-state index is 10.3. The molecule has 15 heavy (non-hydrogen) atoms. The van der Waals surface area contributed by atoms with E-state index >= 15 is 0 Å². The lowest BCUT2D eigenvalue weighted by Crippen LogP contribution is -2.21. The molecule has 0 saturated carbocycles. The summed E-state index contributed by atoms with van der Waals surface area (Å²) in [5.41, 5.74) is 0. The number of hydrogen-bond acceptors (Lipinski definition) is 4. The molecule has 1 heterocycles. The fourth-order valence-corrected chi connectivity index (χ4v) is 1.23. The standard InChI is InChI=1S/C10H15N3O2/c1-13(7-2-4-10(14)15)8-9-11-5-3-6-12-9/h3,5-6H,2,4,7-8H2,1H3,(H,14,15). The van der Waals surface area contributed by atoms with Crippen LogP contribution < -0.4 is 0 Å². The maximum Gasteiger partial charge on any atom is 0.303 e. The van der Waals surface area contributed by atoms with Crippen LogP contribution in [0.15, 0.2) is 18.5 Å². The Morgan fingerprint density at radius 1 is 1.47 bits per heavy atom. The minimum Gasteiger partial charge on any atom is -0.481 e. The highest BCUT2D eigenvalue weighted by molar-refractivity contribution is 5.66. The van der Waals surface area contributed by atoms with E-state index in [0.717, 1.165) is 12.4 Å². The Morgan fingerprint density at radius 3 is 2.73 bits per heavy atom. The molecule has 0 aliphatic rings. The predicted octanol–water partition coefficient (Wildman–Crippen LogP) is 0.773. The van der Waals surface area contributed by atoms with E-state index in [1.165, 1.54) is 0 Å². The van der Waals surface area contributed by atoms with E-state index in [-0.39, 0.29) is 6.42 Å². The molecule has 0 fully saturated rings. The van der Waals surface area contributed by atoms with Gasteiger partial charge in [0.2, 0.25) is 0 Å². The third-order valence-electron chi connectivity index (χ3n) is 1.96. The summed E-state index contributed by atoms with van der Waals surface area (Å²) in [6.45, 7) is 1.39. The monoisotopic (exact) mass is 209 g/mol. The van der Waals surface area contributed by atoms with Crippen LogP contribution in [0.4, 0.5) is 0 Å². The van der Waals surface area contributed by atoms with Crippen molar-refractivity contribution in [1.82, 2.24) is 14.9 Å². The van der Waals surface area contributed by atoms with Gasteiger partial charge in [-0.1, -0.05) is 0 Å². The molecule has 82 valence electrons. The molecule has 0 bridgehead atoms. The molecule has 1 N–H and O–H groups in total. The van der Waals surface area contributed by atoms with Crippen LogP contribution in [0.5, 0.6) is 0 Å². The second kappa shape index (κ2) is 6.08. The van der Waals surface area contributed by atoms with Crippen molar-refractivity contribution in [2.24, 2.45) is 0 Å². The molecule has 5 nitrogen and oxygen atoms in total. The van der Waals surface area contributed by atoms with E-state index < -0.39 is 5.97 Å². The van der Waals surface area contributed by atoms with E-state index in [1.54, 1.807) is 18.5 Å². The van der Waals surface area contributed by atoms with Gasteiger partial charge in [0.1, 0.15) is 5.82 Å². The van der Waals surface area contributed by atoms with Gasteiger partial charge in [-0.2, -0.15) is 0 Å². The van der Waals surface area contributed by atoms with Crippen LogP contribution in [0.1, 0.15) is 18.7 Å². The van der Waals surface area contributed by atoms with Gasteiger partial charge in [0.15, 0.2) is 0 Å². The molecule has 0 aliphatic carbocycles. The first-order valence-corrected chi connectivity index (χ1v) is 4.84. The molecule has 0 spiro atoms. The van der Waals surface area contributed by atoms with Gasteiger partial charge < -0.3 is 5.11 Å². The fourth-order valence-electron chi connectivity index (χ4n) is 1.23. The third kappa shape index (κ3) is 5.07. The van der Waals surface area contributed by atoms with Crippen molar-refractivity contribution in [2.45, 2.75) is 19.4 Å². The van der Waals surface area contributed by atoms with Gasteiger partial charge in [0, 0.05) is 18.8 Å². The van der Waals surface area contributed by atoms with Crippen molar-refractivity contribution in [3.05, 3.63) is 24.3 Å². The zero-order chi connectivity index (χ0) is 11.1. The summed E-state index contributed by atoms with van der Waals surface area (Å²) in [5, 5.41) is 8.47. The van der Waals surface area contributed by atoms with E-state index in [1.807, 2.05) is 11.9 Å². The van der Waals surface area contributed by atoms with E-state index in [4.69, 9.17) is 5.11 Å².